The standard InChI is InChI=1S/C30H29F3N2O5S/c1-39-27-7-4-19(16-26(27)33)29-28(20-14-21(31)17-22(32)15-20)24-6-5-23(18-25(24)30(29)36)40-13-3-8-34-9-11-35(12-10-34)41(2,37)38/h4-7,14-18H,3,8-13H2,1-2H3. The van der Waals surface area contributed by atoms with E-state index in [0.29, 0.717) is 56.1 Å². The van der Waals surface area contributed by atoms with Crippen LogP contribution in [0.4, 0.5) is 13.2 Å². The van der Waals surface area contributed by atoms with E-state index in [1.165, 1.54) is 35.9 Å². The lowest BCUT2D eigenvalue weighted by Gasteiger charge is -2.33. The molecule has 7 nitrogen and oxygen atoms in total. The van der Waals surface area contributed by atoms with Crippen LogP contribution in [0.25, 0.3) is 11.1 Å². The predicted molar refractivity (Wildman–Crippen MR) is 149 cm³/mol. The number of carbonyl (C=O) groups excluding carboxylic acids is 1. The van der Waals surface area contributed by atoms with Gasteiger partial charge in [0.15, 0.2) is 17.3 Å². The highest BCUT2D eigenvalue weighted by atomic mass is 32.2. The van der Waals surface area contributed by atoms with Crippen molar-refractivity contribution in [2.24, 2.45) is 0 Å². The van der Waals surface area contributed by atoms with Crippen molar-refractivity contribution < 1.29 is 35.9 Å². The van der Waals surface area contributed by atoms with Gasteiger partial charge in [-0.2, -0.15) is 4.31 Å². The van der Waals surface area contributed by atoms with Crippen LogP contribution in [0.2, 0.25) is 0 Å². The summed E-state index contributed by atoms with van der Waals surface area (Å²) >= 11 is 0. The number of carbonyl (C=O) groups is 1. The van der Waals surface area contributed by atoms with Crippen molar-refractivity contribution >= 4 is 27.0 Å². The van der Waals surface area contributed by atoms with Gasteiger partial charge in [0.1, 0.15) is 17.4 Å². The van der Waals surface area contributed by atoms with Gasteiger partial charge < -0.3 is 14.4 Å². The molecule has 41 heavy (non-hydrogen) atoms. The lowest BCUT2D eigenvalue weighted by Crippen LogP contribution is -2.48. The van der Waals surface area contributed by atoms with Crippen LogP contribution >= 0.6 is 0 Å². The van der Waals surface area contributed by atoms with Crippen LogP contribution < -0.4 is 9.47 Å². The quantitative estimate of drug-likeness (QED) is 0.341. The Hall–Kier alpha value is -3.67. The second-order valence-corrected chi connectivity index (χ2v) is 12.0. The molecule has 0 bridgehead atoms. The van der Waals surface area contributed by atoms with Crippen LogP contribution in [-0.4, -0.2) is 76.1 Å². The molecule has 0 aromatic heterocycles. The molecule has 0 spiro atoms. The van der Waals surface area contributed by atoms with Gasteiger partial charge in [-0.1, -0.05) is 6.07 Å². The first-order valence-corrected chi connectivity index (χ1v) is 14.9. The largest absolute Gasteiger partial charge is 0.494 e. The number of ether oxygens (including phenoxy) is 2. The van der Waals surface area contributed by atoms with Crippen molar-refractivity contribution in [2.45, 2.75) is 6.42 Å². The molecule has 1 fully saturated rings. The zero-order chi connectivity index (χ0) is 29.3. The normalized spacial score (nSPS) is 16.3. The molecule has 3 aromatic rings. The van der Waals surface area contributed by atoms with Crippen molar-refractivity contribution in [1.29, 1.82) is 0 Å². The second kappa shape index (κ2) is 11.7. The Kier molecular flexibility index (Phi) is 8.21. The Morgan fingerprint density at radius 1 is 0.829 bits per heavy atom. The third-order valence-electron chi connectivity index (χ3n) is 7.26. The van der Waals surface area contributed by atoms with Crippen LogP contribution in [0.15, 0.2) is 54.6 Å². The lowest BCUT2D eigenvalue weighted by atomic mass is 9.94. The number of methoxy groups -OCH3 is 1. The highest BCUT2D eigenvalue weighted by Crippen LogP contribution is 2.44. The van der Waals surface area contributed by atoms with Crippen molar-refractivity contribution in [3.63, 3.8) is 0 Å². The average molecular weight is 587 g/mol. The van der Waals surface area contributed by atoms with E-state index in [9.17, 15) is 26.4 Å². The monoisotopic (exact) mass is 586 g/mol. The van der Waals surface area contributed by atoms with E-state index in [1.54, 1.807) is 18.2 Å². The minimum absolute atomic E-state index is 0.00335. The molecule has 1 aliphatic carbocycles. The second-order valence-electron chi connectivity index (χ2n) is 10.00. The number of Topliss-reactive ketones (excluding diaryl/α,β-unsaturated/α-hetero) is 1. The lowest BCUT2D eigenvalue weighted by molar-refractivity contribution is 0.105. The Morgan fingerprint density at radius 3 is 2.17 bits per heavy atom. The predicted octanol–water partition coefficient (Wildman–Crippen LogP) is 4.61. The third-order valence-corrected chi connectivity index (χ3v) is 8.56. The number of halogens is 3. The molecular formula is C30H29F3N2O5S. The summed E-state index contributed by atoms with van der Waals surface area (Å²) in [4.78, 5) is 15.9. The minimum atomic E-state index is -3.18. The molecule has 1 heterocycles. The van der Waals surface area contributed by atoms with Crippen LogP contribution in [-0.2, 0) is 10.0 Å². The average Bonchev–Trinajstić information content (AvgIpc) is 3.22. The van der Waals surface area contributed by atoms with Gasteiger partial charge in [-0.3, -0.25) is 4.79 Å². The number of hydrogen-bond donors (Lipinski definition) is 0. The summed E-state index contributed by atoms with van der Waals surface area (Å²) < 4.78 is 78.8. The molecule has 0 radical (unpaired) electrons. The fourth-order valence-electron chi connectivity index (χ4n) is 5.26. The fourth-order valence-corrected chi connectivity index (χ4v) is 6.09. The third kappa shape index (κ3) is 6.17. The Labute approximate surface area is 236 Å². The van der Waals surface area contributed by atoms with Gasteiger partial charge in [0, 0.05) is 55.5 Å². The van der Waals surface area contributed by atoms with Crippen LogP contribution in [0.3, 0.4) is 0 Å². The summed E-state index contributed by atoms with van der Waals surface area (Å²) in [6.45, 7) is 3.29. The van der Waals surface area contributed by atoms with Gasteiger partial charge in [0.2, 0.25) is 10.0 Å². The number of fused-ring (bicyclic) bond motifs is 1. The van der Waals surface area contributed by atoms with Crippen molar-refractivity contribution in [3.05, 3.63) is 94.3 Å². The maximum absolute atomic E-state index is 14.6. The molecule has 0 atom stereocenters. The van der Waals surface area contributed by atoms with Crippen molar-refractivity contribution in [3.8, 4) is 11.5 Å². The first-order valence-electron chi connectivity index (χ1n) is 13.1. The highest BCUT2D eigenvalue weighted by Gasteiger charge is 2.33. The minimum Gasteiger partial charge on any atom is -0.494 e. The summed E-state index contributed by atoms with van der Waals surface area (Å²) in [5.74, 6) is -2.24. The molecule has 3 aromatic carbocycles. The number of allylic oxidation sites excluding steroid dienone is 1. The van der Waals surface area contributed by atoms with Crippen molar-refractivity contribution in [2.75, 3.05) is 52.7 Å². The van der Waals surface area contributed by atoms with Crippen LogP contribution in [0.5, 0.6) is 11.5 Å². The number of piperazine rings is 1. The van der Waals surface area contributed by atoms with E-state index < -0.39 is 33.3 Å². The molecule has 1 aliphatic heterocycles. The number of nitrogens with zero attached hydrogens (tertiary/aromatic N) is 2. The summed E-state index contributed by atoms with van der Waals surface area (Å²) in [6, 6.07) is 12.1. The molecule has 0 saturated carbocycles. The molecule has 0 amide bonds. The van der Waals surface area contributed by atoms with Crippen LogP contribution in [0, 0.1) is 17.5 Å². The SMILES string of the molecule is COc1ccc(C2=C(c3cc(F)cc(F)c3)c3ccc(OCCCN4CCN(S(C)(=O)=O)CC4)cc3C2=O)cc1F. The van der Waals surface area contributed by atoms with E-state index in [-0.39, 0.29) is 28.0 Å². The number of benzene rings is 3. The van der Waals surface area contributed by atoms with Gasteiger partial charge in [0.25, 0.3) is 0 Å². The summed E-state index contributed by atoms with van der Waals surface area (Å²) in [5, 5.41) is 0. The molecule has 1 saturated heterocycles. The molecular weight excluding hydrogens is 557 g/mol. The van der Waals surface area contributed by atoms with Gasteiger partial charge in [0.05, 0.1) is 20.0 Å². The van der Waals surface area contributed by atoms with Crippen LogP contribution in [0.1, 0.15) is 33.5 Å². The van der Waals surface area contributed by atoms with Gasteiger partial charge >= 0.3 is 0 Å². The first-order chi connectivity index (χ1) is 19.5. The van der Waals surface area contributed by atoms with E-state index in [0.717, 1.165) is 24.7 Å². The molecule has 0 N–H and O–H groups in total. The zero-order valence-corrected chi connectivity index (χ0v) is 23.4. The van der Waals surface area contributed by atoms with E-state index in [4.69, 9.17) is 9.47 Å². The number of rotatable bonds is 9. The van der Waals surface area contributed by atoms with E-state index >= 15 is 0 Å². The summed E-state index contributed by atoms with van der Waals surface area (Å²) in [7, 11) is -1.85. The molecule has 11 heteroatoms. The molecule has 216 valence electrons. The smallest absolute Gasteiger partial charge is 0.211 e. The van der Waals surface area contributed by atoms with Crippen molar-refractivity contribution in [1.82, 2.24) is 9.21 Å². The number of hydrogen-bond acceptors (Lipinski definition) is 6. The maximum atomic E-state index is 14.6. The van der Waals surface area contributed by atoms with E-state index in [2.05, 4.69) is 4.90 Å². The maximum Gasteiger partial charge on any atom is 0.211 e. The van der Waals surface area contributed by atoms with Gasteiger partial charge in [-0.15, -0.1) is 0 Å². The van der Waals surface area contributed by atoms with E-state index in [1.807, 2.05) is 0 Å². The summed E-state index contributed by atoms with van der Waals surface area (Å²) in [6.07, 6.45) is 1.90. The van der Waals surface area contributed by atoms with Gasteiger partial charge in [-0.25, -0.2) is 21.6 Å². The molecule has 0 unspecified atom stereocenters. The summed E-state index contributed by atoms with van der Waals surface area (Å²) in [5.41, 5.74) is 1.57. The Bertz CT molecular complexity index is 1610. The first kappa shape index (κ1) is 28.8. The topological polar surface area (TPSA) is 76.2 Å². The number of sulfonamides is 1. The number of ketones is 1. The molecule has 2 aliphatic rings. The Morgan fingerprint density at radius 2 is 1.54 bits per heavy atom. The Balaban J connectivity index is 1.35. The zero-order valence-electron chi connectivity index (χ0n) is 22.6. The highest BCUT2D eigenvalue weighted by molar-refractivity contribution is 7.88. The fraction of sp³-hybridized carbons (Fsp3) is 0.300. The molecule has 5 rings (SSSR count). The van der Waals surface area contributed by atoms with Gasteiger partial charge in [-0.05, 0) is 65.6 Å².